The van der Waals surface area contributed by atoms with E-state index in [2.05, 4.69) is 5.32 Å². The fraction of sp³-hybridized carbons (Fsp3) is 0.125. The zero-order valence-electron chi connectivity index (χ0n) is 10.5. The molecule has 1 atom stereocenters. The van der Waals surface area contributed by atoms with Crippen LogP contribution in [0.2, 0.25) is 0 Å². The molecule has 1 N–H and O–H groups in total. The maximum Gasteiger partial charge on any atom is 0.235 e. The molecule has 0 aliphatic rings. The van der Waals surface area contributed by atoms with Crippen LogP contribution in [-0.4, -0.2) is 12.2 Å². The predicted octanol–water partition coefficient (Wildman–Crippen LogP) is 2.29. The van der Waals surface area contributed by atoms with Crippen molar-refractivity contribution in [3.63, 3.8) is 0 Å². The zero-order valence-corrected chi connectivity index (χ0v) is 10.5. The summed E-state index contributed by atoms with van der Waals surface area (Å²) >= 11 is 0. The summed E-state index contributed by atoms with van der Waals surface area (Å²) in [4.78, 5) is 23.1. The second-order valence-electron chi connectivity index (χ2n) is 4.23. The lowest BCUT2D eigenvalue weighted by Gasteiger charge is -2.11. The minimum Gasteiger partial charge on any atom is -0.351 e. The molecule has 3 heteroatoms. The van der Waals surface area contributed by atoms with Crippen LogP contribution < -0.4 is 5.32 Å². The third kappa shape index (κ3) is 3.52. The first-order valence-corrected chi connectivity index (χ1v) is 6.13. The third-order valence-electron chi connectivity index (χ3n) is 2.89. The highest BCUT2D eigenvalue weighted by atomic mass is 16.2. The molecule has 0 spiro atoms. The number of aldehydes is 1. The van der Waals surface area contributed by atoms with E-state index in [1.54, 1.807) is 12.1 Å². The van der Waals surface area contributed by atoms with Crippen molar-refractivity contribution in [3.8, 4) is 0 Å². The van der Waals surface area contributed by atoms with E-state index in [4.69, 9.17) is 0 Å². The summed E-state index contributed by atoms with van der Waals surface area (Å²) in [5, 5.41) is 2.78. The number of hydrogen-bond acceptors (Lipinski definition) is 2. The maximum atomic E-state index is 12.0. The van der Waals surface area contributed by atoms with Crippen LogP contribution in [0.3, 0.4) is 0 Å². The zero-order chi connectivity index (χ0) is 13.5. The molecule has 2 aromatic carbocycles. The summed E-state index contributed by atoms with van der Waals surface area (Å²) in [6.07, 6.45) is 0.676. The van der Waals surface area contributed by atoms with Crippen LogP contribution in [0, 0.1) is 0 Å². The molecule has 0 bridgehead atoms. The van der Waals surface area contributed by atoms with Gasteiger partial charge >= 0.3 is 0 Å². The molecule has 1 unspecified atom stereocenters. The van der Waals surface area contributed by atoms with Crippen molar-refractivity contribution in [3.05, 3.63) is 71.8 Å². The number of rotatable bonds is 5. The number of hydrogen-bond donors (Lipinski definition) is 1. The van der Waals surface area contributed by atoms with Gasteiger partial charge in [-0.3, -0.25) is 4.79 Å². The second kappa shape index (κ2) is 6.50. The topological polar surface area (TPSA) is 46.2 Å². The Labute approximate surface area is 112 Å². The molecule has 0 fully saturated rings. The smallest absolute Gasteiger partial charge is 0.235 e. The molecule has 0 aliphatic carbocycles. The number of benzene rings is 2. The Bertz CT molecular complexity index is 537. The van der Waals surface area contributed by atoms with Crippen molar-refractivity contribution in [2.75, 3.05) is 0 Å². The summed E-state index contributed by atoms with van der Waals surface area (Å²) in [5.41, 5.74) is 1.72. The normalized spacial score (nSPS) is 11.6. The third-order valence-corrected chi connectivity index (χ3v) is 2.89. The van der Waals surface area contributed by atoms with E-state index < -0.39 is 5.92 Å². The van der Waals surface area contributed by atoms with Crippen LogP contribution in [0.5, 0.6) is 0 Å². The van der Waals surface area contributed by atoms with E-state index in [0.717, 1.165) is 5.56 Å². The van der Waals surface area contributed by atoms with E-state index in [-0.39, 0.29) is 5.91 Å². The molecule has 0 heterocycles. The highest BCUT2D eigenvalue weighted by Crippen LogP contribution is 2.13. The molecule has 2 rings (SSSR count). The molecule has 19 heavy (non-hydrogen) atoms. The summed E-state index contributed by atoms with van der Waals surface area (Å²) < 4.78 is 0. The lowest BCUT2D eigenvalue weighted by molar-refractivity contribution is -0.126. The van der Waals surface area contributed by atoms with Crippen molar-refractivity contribution >= 4 is 12.2 Å². The molecule has 0 saturated carbocycles. The van der Waals surface area contributed by atoms with Gasteiger partial charge in [0, 0.05) is 6.54 Å². The van der Waals surface area contributed by atoms with Crippen LogP contribution in [0.4, 0.5) is 0 Å². The van der Waals surface area contributed by atoms with Gasteiger partial charge in [-0.2, -0.15) is 0 Å². The number of carbonyl (C=O) groups excluding carboxylic acids is 2. The van der Waals surface area contributed by atoms with Gasteiger partial charge in [0.25, 0.3) is 0 Å². The van der Waals surface area contributed by atoms with Gasteiger partial charge in [0.05, 0.1) is 0 Å². The molecule has 0 radical (unpaired) electrons. The summed E-state index contributed by atoms with van der Waals surface area (Å²) in [6.45, 7) is 0.427. The molecular weight excluding hydrogens is 238 g/mol. The van der Waals surface area contributed by atoms with Crippen molar-refractivity contribution in [2.45, 2.75) is 12.5 Å². The van der Waals surface area contributed by atoms with Gasteiger partial charge in [0.1, 0.15) is 12.2 Å². The standard InChI is InChI=1S/C16H15NO2/c18-12-15(14-9-5-2-6-10-14)16(19)17-11-13-7-3-1-4-8-13/h1-10,12,15H,11H2,(H,17,19). The van der Waals surface area contributed by atoms with Crippen molar-refractivity contribution in [1.82, 2.24) is 5.32 Å². The Kier molecular flexibility index (Phi) is 4.45. The first-order chi connectivity index (χ1) is 9.31. The van der Waals surface area contributed by atoms with E-state index in [9.17, 15) is 9.59 Å². The fourth-order valence-electron chi connectivity index (χ4n) is 1.85. The van der Waals surface area contributed by atoms with Crippen LogP contribution >= 0.6 is 0 Å². The quantitative estimate of drug-likeness (QED) is 0.656. The SMILES string of the molecule is O=CC(C(=O)NCc1ccccc1)c1ccccc1. The first kappa shape index (κ1) is 13.0. The van der Waals surface area contributed by atoms with Crippen LogP contribution in [-0.2, 0) is 16.1 Å². The molecule has 0 aromatic heterocycles. The first-order valence-electron chi connectivity index (χ1n) is 6.13. The minimum atomic E-state index is -0.745. The molecular formula is C16H15NO2. The Balaban J connectivity index is 2.00. The largest absolute Gasteiger partial charge is 0.351 e. The van der Waals surface area contributed by atoms with E-state index >= 15 is 0 Å². The average molecular weight is 253 g/mol. The van der Waals surface area contributed by atoms with Gasteiger partial charge in [-0.05, 0) is 11.1 Å². The van der Waals surface area contributed by atoms with Crippen molar-refractivity contribution in [1.29, 1.82) is 0 Å². The van der Waals surface area contributed by atoms with E-state index in [0.29, 0.717) is 18.4 Å². The highest BCUT2D eigenvalue weighted by Gasteiger charge is 2.18. The monoisotopic (exact) mass is 253 g/mol. The number of carbonyl (C=O) groups is 2. The minimum absolute atomic E-state index is 0.273. The fourth-order valence-corrected chi connectivity index (χ4v) is 1.85. The van der Waals surface area contributed by atoms with Crippen LogP contribution in [0.25, 0.3) is 0 Å². The van der Waals surface area contributed by atoms with E-state index in [1.165, 1.54) is 0 Å². The Morgan fingerprint density at radius 2 is 1.58 bits per heavy atom. The second-order valence-corrected chi connectivity index (χ2v) is 4.23. The van der Waals surface area contributed by atoms with Crippen molar-refractivity contribution in [2.24, 2.45) is 0 Å². The Morgan fingerprint density at radius 1 is 1.00 bits per heavy atom. The maximum absolute atomic E-state index is 12.0. The van der Waals surface area contributed by atoms with Gasteiger partial charge in [-0.1, -0.05) is 60.7 Å². The highest BCUT2D eigenvalue weighted by molar-refractivity contribution is 5.97. The Morgan fingerprint density at radius 3 is 2.16 bits per heavy atom. The molecule has 0 aliphatic heterocycles. The number of nitrogens with one attached hydrogen (secondary N) is 1. The van der Waals surface area contributed by atoms with Gasteiger partial charge in [-0.15, -0.1) is 0 Å². The average Bonchev–Trinajstić information content (AvgIpc) is 2.48. The van der Waals surface area contributed by atoms with Gasteiger partial charge in [-0.25, -0.2) is 0 Å². The molecule has 0 saturated heterocycles. The molecule has 96 valence electrons. The molecule has 2 aromatic rings. The summed E-state index contributed by atoms with van der Waals surface area (Å²) in [6, 6.07) is 18.6. The van der Waals surface area contributed by atoms with Crippen LogP contribution in [0.15, 0.2) is 60.7 Å². The molecule has 3 nitrogen and oxygen atoms in total. The summed E-state index contributed by atoms with van der Waals surface area (Å²) in [5.74, 6) is -1.02. The van der Waals surface area contributed by atoms with Crippen molar-refractivity contribution < 1.29 is 9.59 Å². The van der Waals surface area contributed by atoms with E-state index in [1.807, 2.05) is 48.5 Å². The van der Waals surface area contributed by atoms with Gasteiger partial charge in [0.15, 0.2) is 0 Å². The number of amides is 1. The molecule has 1 amide bonds. The van der Waals surface area contributed by atoms with Crippen LogP contribution in [0.1, 0.15) is 17.0 Å². The lowest BCUT2D eigenvalue weighted by atomic mass is 10.00. The lowest BCUT2D eigenvalue weighted by Crippen LogP contribution is -2.29. The van der Waals surface area contributed by atoms with Gasteiger partial charge in [0.2, 0.25) is 5.91 Å². The van der Waals surface area contributed by atoms with Gasteiger partial charge < -0.3 is 10.1 Å². The Hall–Kier alpha value is -2.42. The summed E-state index contributed by atoms with van der Waals surface area (Å²) in [7, 11) is 0. The predicted molar refractivity (Wildman–Crippen MR) is 73.5 cm³/mol.